The summed E-state index contributed by atoms with van der Waals surface area (Å²) in [6.07, 6.45) is 0.484. The van der Waals surface area contributed by atoms with Crippen LogP contribution in [0.3, 0.4) is 0 Å². The number of hydroxylamine groups is 4. The maximum Gasteiger partial charge on any atom is 0.244 e. The van der Waals surface area contributed by atoms with Crippen molar-refractivity contribution in [1.82, 2.24) is 15.4 Å². The van der Waals surface area contributed by atoms with E-state index in [1.54, 1.807) is 41.5 Å². The molecule has 6 heteroatoms. The zero-order valence-corrected chi connectivity index (χ0v) is 12.5. The fourth-order valence-corrected chi connectivity index (χ4v) is 3.83. The van der Waals surface area contributed by atoms with Crippen LogP contribution in [0.5, 0.6) is 0 Å². The van der Waals surface area contributed by atoms with E-state index in [0.29, 0.717) is 0 Å². The molecule has 1 amide bonds. The predicted octanol–water partition coefficient (Wildman–Crippen LogP) is 1.24. The zero-order valence-electron chi connectivity index (χ0n) is 12.5. The topological polar surface area (TPSA) is 75.4 Å². The van der Waals surface area contributed by atoms with Gasteiger partial charge in [-0.05, 0) is 54.4 Å². The molecule has 0 aromatic carbocycles. The van der Waals surface area contributed by atoms with Gasteiger partial charge in [-0.1, -0.05) is 0 Å². The third-order valence-electron chi connectivity index (χ3n) is 4.29. The third kappa shape index (κ3) is 1.89. The minimum absolute atomic E-state index is 0.242. The largest absolute Gasteiger partial charge is 0.335 e. The van der Waals surface area contributed by atoms with Gasteiger partial charge < -0.3 is 5.32 Å². The summed E-state index contributed by atoms with van der Waals surface area (Å²) in [4.78, 5) is 12.4. The number of carbonyl (C=O) groups excluding carboxylic acids is 1. The number of rotatable bonds is 0. The van der Waals surface area contributed by atoms with E-state index in [-0.39, 0.29) is 18.7 Å². The first-order valence-corrected chi connectivity index (χ1v) is 6.63. The highest BCUT2D eigenvalue weighted by Gasteiger charge is 2.65. The molecule has 0 atom stereocenters. The molecule has 19 heavy (non-hydrogen) atoms. The van der Waals surface area contributed by atoms with Gasteiger partial charge in [-0.2, -0.15) is 0 Å². The Morgan fingerprint density at radius 2 is 1.32 bits per heavy atom. The van der Waals surface area contributed by atoms with Crippen molar-refractivity contribution in [3.63, 3.8) is 0 Å². The molecule has 2 saturated heterocycles. The number of nitrogens with one attached hydrogen (secondary N) is 1. The molecule has 108 valence electrons. The smallest absolute Gasteiger partial charge is 0.244 e. The van der Waals surface area contributed by atoms with Gasteiger partial charge in [0, 0.05) is 11.1 Å². The maximum atomic E-state index is 12.6. The van der Waals surface area contributed by atoms with E-state index in [9.17, 15) is 15.2 Å². The fourth-order valence-electron chi connectivity index (χ4n) is 3.83. The quantitative estimate of drug-likeness (QED) is 0.719. The van der Waals surface area contributed by atoms with Gasteiger partial charge in [0.05, 0.1) is 0 Å². The van der Waals surface area contributed by atoms with E-state index in [0.717, 1.165) is 10.1 Å². The molecule has 6 nitrogen and oxygen atoms in total. The second-order valence-electron chi connectivity index (χ2n) is 7.61. The number of carbonyl (C=O) groups is 1. The molecule has 1 spiro atoms. The monoisotopic (exact) mass is 269 g/mol. The molecule has 0 bridgehead atoms. The second-order valence-corrected chi connectivity index (χ2v) is 7.61. The molecule has 0 saturated carbocycles. The van der Waals surface area contributed by atoms with Gasteiger partial charge >= 0.3 is 0 Å². The Labute approximate surface area is 114 Å². The Morgan fingerprint density at radius 3 is 1.63 bits per heavy atom. The molecular weight excluding hydrogens is 246 g/mol. The number of nitrogens with zero attached hydrogens (tertiary/aromatic N) is 2. The summed E-state index contributed by atoms with van der Waals surface area (Å²) in [5.41, 5.74) is -3.56. The van der Waals surface area contributed by atoms with Gasteiger partial charge in [0.15, 0.2) is 0 Å². The molecule has 2 fully saturated rings. The molecule has 2 radical (unpaired) electrons. The van der Waals surface area contributed by atoms with E-state index in [1.807, 2.05) is 0 Å². The van der Waals surface area contributed by atoms with Crippen LogP contribution in [0.4, 0.5) is 0 Å². The fraction of sp³-hybridized carbons (Fsp3) is 0.923. The van der Waals surface area contributed by atoms with Gasteiger partial charge in [0.25, 0.3) is 0 Å². The summed E-state index contributed by atoms with van der Waals surface area (Å²) < 4.78 is 0. The Bertz CT molecular complexity index is 399. The highest BCUT2D eigenvalue weighted by molar-refractivity contribution is 5.89. The van der Waals surface area contributed by atoms with Gasteiger partial charge in [-0.25, -0.2) is 0 Å². The van der Waals surface area contributed by atoms with Crippen molar-refractivity contribution >= 4 is 5.91 Å². The van der Waals surface area contributed by atoms with Crippen LogP contribution in [0.25, 0.3) is 0 Å². The SMILES string of the molecule is CC1(C)CC2(CC(C)(C)N1[O])C(=O)NC(C)(C)N2[O]. The van der Waals surface area contributed by atoms with Crippen molar-refractivity contribution in [2.24, 2.45) is 0 Å². The lowest BCUT2D eigenvalue weighted by Crippen LogP contribution is -2.68. The molecule has 0 aromatic heterocycles. The van der Waals surface area contributed by atoms with Crippen LogP contribution < -0.4 is 5.32 Å². The Hall–Kier alpha value is -0.690. The lowest BCUT2D eigenvalue weighted by Gasteiger charge is -2.54. The van der Waals surface area contributed by atoms with Crippen molar-refractivity contribution in [2.45, 2.75) is 76.7 Å². The first kappa shape index (κ1) is 14.7. The van der Waals surface area contributed by atoms with Crippen molar-refractivity contribution in [3.8, 4) is 0 Å². The highest BCUT2D eigenvalue weighted by Crippen LogP contribution is 2.48. The van der Waals surface area contributed by atoms with Crippen LogP contribution >= 0.6 is 0 Å². The molecule has 2 aliphatic rings. The summed E-state index contributed by atoms with van der Waals surface area (Å²) in [5.74, 6) is -0.262. The Morgan fingerprint density at radius 1 is 0.895 bits per heavy atom. The van der Waals surface area contributed by atoms with Crippen LogP contribution in [-0.4, -0.2) is 38.3 Å². The minimum Gasteiger partial charge on any atom is -0.335 e. The summed E-state index contributed by atoms with van der Waals surface area (Å²) in [6.45, 7) is 10.5. The van der Waals surface area contributed by atoms with E-state index in [1.165, 1.54) is 0 Å². The first-order valence-electron chi connectivity index (χ1n) is 6.63. The minimum atomic E-state index is -1.14. The molecule has 2 aliphatic heterocycles. The molecule has 2 rings (SSSR count). The van der Waals surface area contributed by atoms with Crippen molar-refractivity contribution < 1.29 is 15.2 Å². The summed E-state index contributed by atoms with van der Waals surface area (Å²) >= 11 is 0. The van der Waals surface area contributed by atoms with Crippen LogP contribution in [0, 0.1) is 0 Å². The van der Waals surface area contributed by atoms with Crippen LogP contribution in [0.2, 0.25) is 0 Å². The molecule has 0 aliphatic carbocycles. The number of piperidine rings is 1. The number of amides is 1. The Balaban J connectivity index is 2.49. The number of hydrogen-bond acceptors (Lipinski definition) is 3. The summed E-state index contributed by atoms with van der Waals surface area (Å²) in [5, 5.41) is 29.6. The van der Waals surface area contributed by atoms with Crippen LogP contribution in [0.1, 0.15) is 54.4 Å². The lowest BCUT2D eigenvalue weighted by atomic mass is 9.70. The molecule has 1 N–H and O–H groups in total. The van der Waals surface area contributed by atoms with E-state index in [4.69, 9.17) is 0 Å². The van der Waals surface area contributed by atoms with Crippen molar-refractivity contribution in [3.05, 3.63) is 0 Å². The molecule has 0 aromatic rings. The standard InChI is InChI=1S/C13H23N3O3/c1-10(2)7-13(8-11(3,4)15(10)18)9(17)14-12(5,6)16(13)19/h7-8H2,1-6H3,(H,14,17). The zero-order chi connectivity index (χ0) is 14.9. The van der Waals surface area contributed by atoms with Crippen LogP contribution in [-0.2, 0) is 15.2 Å². The molecule has 2 heterocycles. The summed E-state index contributed by atoms with van der Waals surface area (Å²) in [6, 6.07) is 0. The third-order valence-corrected chi connectivity index (χ3v) is 4.29. The van der Waals surface area contributed by atoms with E-state index >= 15 is 0 Å². The van der Waals surface area contributed by atoms with Gasteiger partial charge in [-0.15, -0.1) is 20.5 Å². The molecular formula is C13H23N3O3. The maximum absolute atomic E-state index is 12.6. The van der Waals surface area contributed by atoms with Gasteiger partial charge in [0.1, 0.15) is 11.2 Å². The molecule has 0 unspecified atom stereocenters. The second kappa shape index (κ2) is 3.69. The van der Waals surface area contributed by atoms with Crippen molar-refractivity contribution in [2.75, 3.05) is 0 Å². The Kier molecular flexibility index (Phi) is 2.86. The number of hydrogen-bond donors (Lipinski definition) is 1. The van der Waals surface area contributed by atoms with Crippen molar-refractivity contribution in [1.29, 1.82) is 0 Å². The van der Waals surface area contributed by atoms with E-state index in [2.05, 4.69) is 5.32 Å². The van der Waals surface area contributed by atoms with Gasteiger partial charge in [-0.3, -0.25) is 4.79 Å². The first-order chi connectivity index (χ1) is 8.35. The van der Waals surface area contributed by atoms with Crippen LogP contribution in [0.15, 0.2) is 0 Å². The highest BCUT2D eigenvalue weighted by atomic mass is 16.5. The lowest BCUT2D eigenvalue weighted by molar-refractivity contribution is -0.333. The van der Waals surface area contributed by atoms with E-state index < -0.39 is 22.3 Å². The van der Waals surface area contributed by atoms with Gasteiger partial charge in [0.2, 0.25) is 5.91 Å². The average molecular weight is 269 g/mol. The summed E-state index contributed by atoms with van der Waals surface area (Å²) in [7, 11) is 0. The normalized spacial score (nSPS) is 32.5. The predicted molar refractivity (Wildman–Crippen MR) is 67.4 cm³/mol. The average Bonchev–Trinajstić information content (AvgIpc) is 2.36.